The predicted molar refractivity (Wildman–Crippen MR) is 90.4 cm³/mol. The largest absolute Gasteiger partial charge is 0.459 e. The Morgan fingerprint density at radius 1 is 1.13 bits per heavy atom. The highest BCUT2D eigenvalue weighted by Crippen LogP contribution is 2.10. The van der Waals surface area contributed by atoms with Gasteiger partial charge in [0, 0.05) is 20.1 Å². The molecule has 1 aromatic heterocycles. The third-order valence-electron chi connectivity index (χ3n) is 3.32. The Bertz CT molecular complexity index is 623. The maximum absolute atomic E-state index is 11.7. The van der Waals surface area contributed by atoms with Crippen molar-refractivity contribution >= 4 is 11.9 Å². The highest BCUT2D eigenvalue weighted by Gasteiger charge is 2.08. The molecule has 0 aliphatic heterocycles. The van der Waals surface area contributed by atoms with Crippen molar-refractivity contribution in [1.82, 2.24) is 16.0 Å². The van der Waals surface area contributed by atoms with Gasteiger partial charge in [-0.25, -0.2) is 0 Å². The molecule has 1 aromatic carbocycles. The molecule has 6 nitrogen and oxygen atoms in total. The Morgan fingerprint density at radius 2 is 1.87 bits per heavy atom. The summed E-state index contributed by atoms with van der Waals surface area (Å²) in [6.07, 6.45) is 1.48. The molecule has 1 atom stereocenters. The van der Waals surface area contributed by atoms with E-state index in [2.05, 4.69) is 40.0 Å². The van der Waals surface area contributed by atoms with Gasteiger partial charge in [-0.2, -0.15) is 0 Å². The maximum Gasteiger partial charge on any atom is 0.287 e. The van der Waals surface area contributed by atoms with Crippen molar-refractivity contribution in [2.45, 2.75) is 13.0 Å². The second-order valence-corrected chi connectivity index (χ2v) is 5.01. The first kappa shape index (κ1) is 16.6. The molecule has 0 spiro atoms. The van der Waals surface area contributed by atoms with Gasteiger partial charge in [0.2, 0.25) is 0 Å². The molecule has 1 amide bonds. The van der Waals surface area contributed by atoms with Crippen molar-refractivity contribution in [2.24, 2.45) is 4.99 Å². The minimum absolute atomic E-state index is 0.139. The molecule has 0 saturated carbocycles. The minimum Gasteiger partial charge on any atom is -0.459 e. The summed E-state index contributed by atoms with van der Waals surface area (Å²) in [4.78, 5) is 15.9. The van der Waals surface area contributed by atoms with Gasteiger partial charge in [0.25, 0.3) is 5.91 Å². The molecule has 0 fully saturated rings. The lowest BCUT2D eigenvalue weighted by atomic mass is 10.1. The predicted octanol–water partition coefficient (Wildman–Crippen LogP) is 1.94. The zero-order chi connectivity index (χ0) is 16.5. The summed E-state index contributed by atoms with van der Waals surface area (Å²) >= 11 is 0. The molecule has 23 heavy (non-hydrogen) atoms. The molecule has 0 bridgehead atoms. The van der Waals surface area contributed by atoms with Crippen LogP contribution in [0.5, 0.6) is 0 Å². The van der Waals surface area contributed by atoms with E-state index in [9.17, 15) is 4.79 Å². The van der Waals surface area contributed by atoms with Gasteiger partial charge < -0.3 is 20.4 Å². The average Bonchev–Trinajstić information content (AvgIpc) is 3.12. The summed E-state index contributed by atoms with van der Waals surface area (Å²) in [5.41, 5.74) is 1.18. The summed E-state index contributed by atoms with van der Waals surface area (Å²) in [5, 5.41) is 9.24. The number of carbonyl (C=O) groups excluding carboxylic acids is 1. The molecule has 6 heteroatoms. The van der Waals surface area contributed by atoms with E-state index in [0.717, 1.165) is 0 Å². The quantitative estimate of drug-likeness (QED) is 0.432. The number of hydrogen-bond acceptors (Lipinski definition) is 3. The monoisotopic (exact) mass is 314 g/mol. The van der Waals surface area contributed by atoms with E-state index in [1.165, 1.54) is 11.8 Å². The summed E-state index contributed by atoms with van der Waals surface area (Å²) in [6, 6.07) is 13.6. The van der Waals surface area contributed by atoms with Crippen LogP contribution in [0.1, 0.15) is 29.1 Å². The summed E-state index contributed by atoms with van der Waals surface area (Å²) in [7, 11) is 1.72. The van der Waals surface area contributed by atoms with Crippen LogP contribution in [-0.2, 0) is 0 Å². The number of aliphatic imine (C=N–C) groups is 1. The molecular weight excluding hydrogens is 292 g/mol. The smallest absolute Gasteiger partial charge is 0.287 e. The maximum atomic E-state index is 11.7. The van der Waals surface area contributed by atoms with E-state index < -0.39 is 0 Å². The van der Waals surface area contributed by atoms with Gasteiger partial charge in [0.05, 0.1) is 12.3 Å². The molecule has 2 rings (SSSR count). The van der Waals surface area contributed by atoms with Crippen molar-refractivity contribution in [2.75, 3.05) is 20.1 Å². The lowest BCUT2D eigenvalue weighted by molar-refractivity contribution is 0.0926. The molecule has 1 unspecified atom stereocenters. The SMILES string of the molecule is CN=C(NCCNC(=O)c1ccco1)NC(C)c1ccccc1. The lowest BCUT2D eigenvalue weighted by Gasteiger charge is -2.18. The number of nitrogens with zero attached hydrogens (tertiary/aromatic N) is 1. The van der Waals surface area contributed by atoms with Gasteiger partial charge in [-0.05, 0) is 24.6 Å². The van der Waals surface area contributed by atoms with Crippen LogP contribution in [0.3, 0.4) is 0 Å². The number of rotatable bonds is 6. The van der Waals surface area contributed by atoms with Crippen LogP contribution in [0.15, 0.2) is 58.1 Å². The van der Waals surface area contributed by atoms with Crippen LogP contribution in [0.25, 0.3) is 0 Å². The highest BCUT2D eigenvalue weighted by atomic mass is 16.3. The topological polar surface area (TPSA) is 78.7 Å². The Labute approximate surface area is 136 Å². The van der Waals surface area contributed by atoms with Crippen molar-refractivity contribution in [1.29, 1.82) is 0 Å². The molecule has 2 aromatic rings. The Balaban J connectivity index is 1.72. The lowest BCUT2D eigenvalue weighted by Crippen LogP contribution is -2.42. The van der Waals surface area contributed by atoms with Crippen LogP contribution in [0.2, 0.25) is 0 Å². The Kier molecular flexibility index (Phi) is 6.23. The third kappa shape index (κ3) is 5.18. The molecule has 0 aliphatic carbocycles. The van der Waals surface area contributed by atoms with E-state index in [4.69, 9.17) is 4.42 Å². The second-order valence-electron chi connectivity index (χ2n) is 5.01. The number of hydrogen-bond donors (Lipinski definition) is 3. The molecule has 1 heterocycles. The molecule has 0 saturated heterocycles. The summed E-state index contributed by atoms with van der Waals surface area (Å²) in [6.45, 7) is 3.11. The van der Waals surface area contributed by atoms with E-state index >= 15 is 0 Å². The van der Waals surface area contributed by atoms with Gasteiger partial charge in [0.15, 0.2) is 11.7 Å². The number of furan rings is 1. The third-order valence-corrected chi connectivity index (χ3v) is 3.32. The normalized spacial score (nSPS) is 12.5. The van der Waals surface area contributed by atoms with Crippen molar-refractivity contribution in [3.8, 4) is 0 Å². The molecule has 0 aliphatic rings. The van der Waals surface area contributed by atoms with Crippen LogP contribution in [0, 0.1) is 0 Å². The number of nitrogens with one attached hydrogen (secondary N) is 3. The van der Waals surface area contributed by atoms with Crippen LogP contribution in [0.4, 0.5) is 0 Å². The molecule has 3 N–H and O–H groups in total. The first-order chi connectivity index (χ1) is 11.2. The van der Waals surface area contributed by atoms with Gasteiger partial charge in [0.1, 0.15) is 0 Å². The molecule has 0 radical (unpaired) electrons. The van der Waals surface area contributed by atoms with Gasteiger partial charge in [-0.3, -0.25) is 9.79 Å². The van der Waals surface area contributed by atoms with Crippen LogP contribution < -0.4 is 16.0 Å². The summed E-state index contributed by atoms with van der Waals surface area (Å²) < 4.78 is 5.03. The van der Waals surface area contributed by atoms with E-state index in [0.29, 0.717) is 24.8 Å². The van der Waals surface area contributed by atoms with Crippen LogP contribution >= 0.6 is 0 Å². The zero-order valence-corrected chi connectivity index (χ0v) is 13.4. The first-order valence-corrected chi connectivity index (χ1v) is 7.54. The second kappa shape index (κ2) is 8.63. The minimum atomic E-state index is -0.225. The van der Waals surface area contributed by atoms with Gasteiger partial charge >= 0.3 is 0 Å². The first-order valence-electron chi connectivity index (χ1n) is 7.54. The number of guanidine groups is 1. The van der Waals surface area contributed by atoms with Crippen molar-refractivity contribution < 1.29 is 9.21 Å². The number of amides is 1. The van der Waals surface area contributed by atoms with Gasteiger partial charge in [-0.1, -0.05) is 30.3 Å². The highest BCUT2D eigenvalue weighted by molar-refractivity contribution is 5.91. The van der Waals surface area contributed by atoms with E-state index in [-0.39, 0.29) is 11.9 Å². The fraction of sp³-hybridized carbons (Fsp3) is 0.294. The fourth-order valence-corrected chi connectivity index (χ4v) is 2.08. The Hall–Kier alpha value is -2.76. The standard InChI is InChI=1S/C17H22N4O2/c1-13(14-7-4-3-5-8-14)21-17(18-2)20-11-10-19-16(22)15-9-6-12-23-15/h3-9,12-13H,10-11H2,1-2H3,(H,19,22)(H2,18,20,21). The molecule has 122 valence electrons. The van der Waals surface area contributed by atoms with E-state index in [1.807, 2.05) is 18.2 Å². The van der Waals surface area contributed by atoms with E-state index in [1.54, 1.807) is 19.2 Å². The number of carbonyl (C=O) groups is 1. The zero-order valence-electron chi connectivity index (χ0n) is 13.4. The van der Waals surface area contributed by atoms with Crippen LogP contribution in [-0.4, -0.2) is 32.0 Å². The number of benzene rings is 1. The Morgan fingerprint density at radius 3 is 2.52 bits per heavy atom. The molecular formula is C17H22N4O2. The fourth-order valence-electron chi connectivity index (χ4n) is 2.08. The van der Waals surface area contributed by atoms with Crippen molar-refractivity contribution in [3.05, 3.63) is 60.1 Å². The van der Waals surface area contributed by atoms with Gasteiger partial charge in [-0.15, -0.1) is 0 Å². The van der Waals surface area contributed by atoms with Crippen molar-refractivity contribution in [3.63, 3.8) is 0 Å². The average molecular weight is 314 g/mol. The summed E-state index contributed by atoms with van der Waals surface area (Å²) in [5.74, 6) is 0.774.